The van der Waals surface area contributed by atoms with Gasteiger partial charge in [-0.3, -0.25) is 4.79 Å². The predicted octanol–water partition coefficient (Wildman–Crippen LogP) is 5.15. The van der Waals surface area contributed by atoms with Crippen molar-refractivity contribution in [3.63, 3.8) is 0 Å². The molecule has 1 aromatic heterocycles. The smallest absolute Gasteiger partial charge is 0.253 e. The number of hydrogen-bond acceptors (Lipinski definition) is 2. The Morgan fingerprint density at radius 2 is 1.75 bits per heavy atom. The molecule has 2 heterocycles. The van der Waals surface area contributed by atoms with Gasteiger partial charge in [-0.2, -0.15) is 0 Å². The minimum Gasteiger partial charge on any atom is -0.338 e. The Balaban J connectivity index is 1.49. The predicted molar refractivity (Wildman–Crippen MR) is 112 cm³/mol. The van der Waals surface area contributed by atoms with Crippen LogP contribution in [0.15, 0.2) is 67.0 Å². The Morgan fingerprint density at radius 3 is 2.46 bits per heavy atom. The zero-order valence-corrected chi connectivity index (χ0v) is 16.6. The Morgan fingerprint density at radius 1 is 1.04 bits per heavy atom. The molecule has 1 fully saturated rings. The van der Waals surface area contributed by atoms with E-state index >= 15 is 0 Å². The lowest BCUT2D eigenvalue weighted by molar-refractivity contribution is 0.0703. The van der Waals surface area contributed by atoms with Crippen LogP contribution in [-0.4, -0.2) is 33.4 Å². The fraction of sp³-hybridized carbons (Fsp3) is 0.333. The molecular weight excluding hydrogens is 346 g/mol. The fourth-order valence-corrected chi connectivity index (χ4v) is 4.07. The lowest BCUT2D eigenvalue weighted by Gasteiger charge is -2.33. The number of carbonyl (C=O) groups excluding carboxylic acids is 1. The molecular formula is C24H27N3O. The minimum atomic E-state index is 0.118. The van der Waals surface area contributed by atoms with Crippen LogP contribution in [0.3, 0.4) is 0 Å². The number of likely N-dealkylation sites (tertiary alicyclic amines) is 1. The van der Waals surface area contributed by atoms with E-state index in [9.17, 15) is 4.79 Å². The van der Waals surface area contributed by atoms with Crippen LogP contribution in [0.25, 0.3) is 11.1 Å². The van der Waals surface area contributed by atoms with E-state index in [0.29, 0.717) is 12.0 Å². The number of aromatic nitrogens is 2. The molecule has 0 saturated carbocycles. The number of carbonyl (C=O) groups is 1. The largest absolute Gasteiger partial charge is 0.338 e. The van der Waals surface area contributed by atoms with Crippen molar-refractivity contribution in [3.05, 3.63) is 78.4 Å². The number of piperidine rings is 1. The second-order valence-corrected chi connectivity index (χ2v) is 7.82. The van der Waals surface area contributed by atoms with Crippen LogP contribution in [0.5, 0.6) is 0 Å². The van der Waals surface area contributed by atoms with Gasteiger partial charge in [0.15, 0.2) is 0 Å². The average molecular weight is 374 g/mol. The number of nitrogens with zero attached hydrogens (tertiary/aromatic N) is 3. The third-order valence-electron chi connectivity index (χ3n) is 5.57. The Labute approximate surface area is 166 Å². The zero-order chi connectivity index (χ0) is 19.5. The molecule has 1 aliphatic heterocycles. The number of rotatable bonds is 4. The van der Waals surface area contributed by atoms with Gasteiger partial charge in [0.25, 0.3) is 5.91 Å². The van der Waals surface area contributed by atoms with Crippen LogP contribution in [0.4, 0.5) is 0 Å². The number of benzene rings is 2. The van der Waals surface area contributed by atoms with Gasteiger partial charge in [-0.25, -0.2) is 4.98 Å². The van der Waals surface area contributed by atoms with Crippen LogP contribution in [-0.2, 0) is 0 Å². The summed E-state index contributed by atoms with van der Waals surface area (Å²) >= 11 is 0. The first-order valence-corrected chi connectivity index (χ1v) is 10.1. The van der Waals surface area contributed by atoms with Crippen molar-refractivity contribution in [2.75, 3.05) is 13.1 Å². The van der Waals surface area contributed by atoms with Gasteiger partial charge in [0.05, 0.1) is 0 Å². The molecule has 1 saturated heterocycles. The Kier molecular flexibility index (Phi) is 5.29. The molecule has 1 aliphatic rings. The summed E-state index contributed by atoms with van der Waals surface area (Å²) in [4.78, 5) is 19.7. The summed E-state index contributed by atoms with van der Waals surface area (Å²) in [5.74, 6) is 1.53. The first kappa shape index (κ1) is 18.5. The van der Waals surface area contributed by atoms with Crippen molar-refractivity contribution in [2.24, 2.45) is 0 Å². The van der Waals surface area contributed by atoms with Crippen molar-refractivity contribution in [1.82, 2.24) is 14.5 Å². The molecule has 0 spiro atoms. The molecule has 4 rings (SSSR count). The van der Waals surface area contributed by atoms with Crippen LogP contribution in [0, 0.1) is 0 Å². The van der Waals surface area contributed by atoms with Crippen molar-refractivity contribution in [3.8, 4) is 11.1 Å². The average Bonchev–Trinajstić information content (AvgIpc) is 3.24. The maximum atomic E-state index is 13.1. The van der Waals surface area contributed by atoms with Crippen LogP contribution >= 0.6 is 0 Å². The molecule has 0 aliphatic carbocycles. The lowest BCUT2D eigenvalue weighted by atomic mass is 9.96. The van der Waals surface area contributed by atoms with Gasteiger partial charge in [0.1, 0.15) is 5.82 Å². The molecule has 0 unspecified atom stereocenters. The molecule has 0 N–H and O–H groups in total. The van der Waals surface area contributed by atoms with E-state index in [2.05, 4.69) is 35.5 Å². The topological polar surface area (TPSA) is 38.1 Å². The summed E-state index contributed by atoms with van der Waals surface area (Å²) in [6, 6.07) is 18.6. The molecule has 28 heavy (non-hydrogen) atoms. The first-order valence-electron chi connectivity index (χ1n) is 10.1. The third-order valence-corrected chi connectivity index (χ3v) is 5.57. The van der Waals surface area contributed by atoms with E-state index < -0.39 is 0 Å². The zero-order valence-electron chi connectivity index (χ0n) is 16.6. The summed E-state index contributed by atoms with van der Waals surface area (Å²) in [5, 5.41) is 0. The maximum absolute atomic E-state index is 13.1. The van der Waals surface area contributed by atoms with Gasteiger partial charge in [0.2, 0.25) is 0 Å². The van der Waals surface area contributed by atoms with E-state index in [1.54, 1.807) is 0 Å². The highest BCUT2D eigenvalue weighted by Crippen LogP contribution is 2.28. The summed E-state index contributed by atoms with van der Waals surface area (Å²) < 4.78 is 2.23. The molecule has 4 nitrogen and oxygen atoms in total. The fourth-order valence-electron chi connectivity index (χ4n) is 4.07. The van der Waals surface area contributed by atoms with Gasteiger partial charge in [0, 0.05) is 43.0 Å². The first-order chi connectivity index (χ1) is 13.6. The summed E-state index contributed by atoms with van der Waals surface area (Å²) in [5.41, 5.74) is 3.06. The van der Waals surface area contributed by atoms with Crippen molar-refractivity contribution < 1.29 is 4.79 Å². The standard InChI is InChI=1S/C24H27N3O/c1-18(2)27-16-14-25-23(27)22-9-6-15-26(17-22)24(28)21-12-10-20(11-13-21)19-7-4-3-5-8-19/h3-5,7-8,10-14,16,18,22H,6,9,15,17H2,1-2H3/t22-/m1/s1. The molecule has 1 atom stereocenters. The summed E-state index contributed by atoms with van der Waals surface area (Å²) in [6.45, 7) is 5.90. The normalized spacial score (nSPS) is 17.1. The van der Waals surface area contributed by atoms with Gasteiger partial charge in [-0.05, 0) is 49.9 Å². The third kappa shape index (κ3) is 3.72. The second kappa shape index (κ2) is 8.01. The molecule has 3 aromatic rings. The van der Waals surface area contributed by atoms with E-state index in [1.165, 1.54) is 5.56 Å². The molecule has 0 radical (unpaired) electrons. The van der Waals surface area contributed by atoms with Crippen LogP contribution in [0.1, 0.15) is 54.8 Å². The van der Waals surface area contributed by atoms with Crippen molar-refractivity contribution in [2.45, 2.75) is 38.6 Å². The molecule has 144 valence electrons. The van der Waals surface area contributed by atoms with Gasteiger partial charge in [-0.15, -0.1) is 0 Å². The second-order valence-electron chi connectivity index (χ2n) is 7.82. The Hall–Kier alpha value is -2.88. The van der Waals surface area contributed by atoms with Gasteiger partial charge >= 0.3 is 0 Å². The Bertz CT molecular complexity index is 928. The van der Waals surface area contributed by atoms with Crippen LogP contribution < -0.4 is 0 Å². The van der Waals surface area contributed by atoms with E-state index in [4.69, 9.17) is 0 Å². The quantitative estimate of drug-likeness (QED) is 0.634. The summed E-state index contributed by atoms with van der Waals surface area (Å²) in [7, 11) is 0. The van der Waals surface area contributed by atoms with E-state index in [1.807, 2.05) is 59.8 Å². The highest BCUT2D eigenvalue weighted by Gasteiger charge is 2.28. The number of amides is 1. The SMILES string of the molecule is CC(C)n1ccnc1[C@@H]1CCCN(C(=O)c2ccc(-c3ccccc3)cc2)C1. The van der Waals surface area contributed by atoms with Crippen molar-refractivity contribution >= 4 is 5.91 Å². The highest BCUT2D eigenvalue weighted by molar-refractivity contribution is 5.94. The lowest BCUT2D eigenvalue weighted by Crippen LogP contribution is -2.39. The maximum Gasteiger partial charge on any atom is 0.253 e. The van der Waals surface area contributed by atoms with Crippen LogP contribution in [0.2, 0.25) is 0 Å². The number of imidazole rings is 1. The van der Waals surface area contributed by atoms with Gasteiger partial charge < -0.3 is 9.47 Å². The van der Waals surface area contributed by atoms with Crippen molar-refractivity contribution in [1.29, 1.82) is 0 Å². The number of hydrogen-bond donors (Lipinski definition) is 0. The minimum absolute atomic E-state index is 0.118. The molecule has 2 aromatic carbocycles. The molecule has 1 amide bonds. The molecule has 4 heteroatoms. The molecule has 0 bridgehead atoms. The van der Waals surface area contributed by atoms with Gasteiger partial charge in [-0.1, -0.05) is 42.5 Å². The highest BCUT2D eigenvalue weighted by atomic mass is 16.2. The van der Waals surface area contributed by atoms with E-state index in [-0.39, 0.29) is 5.91 Å². The summed E-state index contributed by atoms with van der Waals surface area (Å²) in [6.07, 6.45) is 6.02. The monoisotopic (exact) mass is 373 g/mol. The van der Waals surface area contributed by atoms with E-state index in [0.717, 1.165) is 42.9 Å².